The molecule has 1 aromatic heterocycles. The van der Waals surface area contributed by atoms with E-state index >= 15 is 0 Å². The average Bonchev–Trinajstić information content (AvgIpc) is 3.08. The van der Waals surface area contributed by atoms with Gasteiger partial charge in [-0.05, 0) is 40.8 Å². The van der Waals surface area contributed by atoms with Crippen LogP contribution in [0.5, 0.6) is 0 Å². The standard InChI is InChI=1S/C16H14ClN7/c17-13-7-6-12(11-18)15(10-13)19-8-9-20-16-21-22-23-24(16)14-4-2-1-3-5-14/h1-7,10,19H,8-9H2,(H,20,21,23). The summed E-state index contributed by atoms with van der Waals surface area (Å²) in [6, 6.07) is 16.9. The molecule has 7 nitrogen and oxygen atoms in total. The molecule has 0 radical (unpaired) electrons. The van der Waals surface area contributed by atoms with Crippen molar-refractivity contribution in [3.8, 4) is 11.8 Å². The number of hydrogen-bond acceptors (Lipinski definition) is 6. The number of nitrogens with one attached hydrogen (secondary N) is 2. The van der Waals surface area contributed by atoms with E-state index in [1.165, 1.54) is 0 Å². The molecule has 0 saturated carbocycles. The third-order valence-corrected chi connectivity index (χ3v) is 3.53. The van der Waals surface area contributed by atoms with E-state index in [0.717, 1.165) is 5.69 Å². The number of halogens is 1. The van der Waals surface area contributed by atoms with E-state index in [2.05, 4.69) is 32.2 Å². The fourth-order valence-corrected chi connectivity index (χ4v) is 2.34. The normalized spacial score (nSPS) is 10.2. The third kappa shape index (κ3) is 3.62. The lowest BCUT2D eigenvalue weighted by molar-refractivity contribution is 0.789. The minimum Gasteiger partial charge on any atom is -0.382 e. The number of para-hydroxylation sites is 1. The van der Waals surface area contributed by atoms with Gasteiger partial charge in [0.1, 0.15) is 6.07 Å². The SMILES string of the molecule is N#Cc1ccc(Cl)cc1NCCNc1nnnn1-c1ccccc1. The van der Waals surface area contributed by atoms with Gasteiger partial charge in [0.25, 0.3) is 0 Å². The lowest BCUT2D eigenvalue weighted by Crippen LogP contribution is -2.16. The Kier molecular flexibility index (Phi) is 4.89. The molecule has 0 fully saturated rings. The highest BCUT2D eigenvalue weighted by Gasteiger charge is 2.07. The summed E-state index contributed by atoms with van der Waals surface area (Å²) >= 11 is 5.96. The number of nitriles is 1. The Morgan fingerprint density at radius 2 is 1.88 bits per heavy atom. The number of benzene rings is 2. The Morgan fingerprint density at radius 3 is 2.67 bits per heavy atom. The topological polar surface area (TPSA) is 91.4 Å². The molecule has 0 atom stereocenters. The Morgan fingerprint density at radius 1 is 1.08 bits per heavy atom. The van der Waals surface area contributed by atoms with Crippen LogP contribution in [0.1, 0.15) is 5.56 Å². The third-order valence-electron chi connectivity index (χ3n) is 3.30. The molecule has 3 aromatic rings. The molecule has 24 heavy (non-hydrogen) atoms. The van der Waals surface area contributed by atoms with Crippen molar-refractivity contribution in [1.29, 1.82) is 5.26 Å². The highest BCUT2D eigenvalue weighted by atomic mass is 35.5. The molecule has 0 unspecified atom stereocenters. The summed E-state index contributed by atoms with van der Waals surface area (Å²) in [7, 11) is 0. The molecule has 2 N–H and O–H groups in total. The molecule has 3 rings (SSSR count). The molecule has 0 bridgehead atoms. The van der Waals surface area contributed by atoms with Crippen molar-refractivity contribution in [2.75, 3.05) is 23.7 Å². The first-order valence-corrected chi connectivity index (χ1v) is 7.67. The van der Waals surface area contributed by atoms with Gasteiger partial charge in [0.2, 0.25) is 5.95 Å². The van der Waals surface area contributed by atoms with E-state index in [0.29, 0.717) is 35.3 Å². The zero-order valence-electron chi connectivity index (χ0n) is 12.6. The second kappa shape index (κ2) is 7.44. The molecule has 0 amide bonds. The first-order valence-electron chi connectivity index (χ1n) is 7.29. The summed E-state index contributed by atoms with van der Waals surface area (Å²) in [5.74, 6) is 0.551. The molecule has 0 spiro atoms. The van der Waals surface area contributed by atoms with Crippen molar-refractivity contribution in [1.82, 2.24) is 20.2 Å². The fourth-order valence-electron chi connectivity index (χ4n) is 2.17. The average molecular weight is 340 g/mol. The van der Waals surface area contributed by atoms with Crippen molar-refractivity contribution < 1.29 is 0 Å². The Hall–Kier alpha value is -3.11. The van der Waals surface area contributed by atoms with Gasteiger partial charge in [0.15, 0.2) is 0 Å². The van der Waals surface area contributed by atoms with Gasteiger partial charge in [0, 0.05) is 18.1 Å². The smallest absolute Gasteiger partial charge is 0.247 e. The van der Waals surface area contributed by atoms with Crippen molar-refractivity contribution >= 4 is 23.2 Å². The first-order chi connectivity index (χ1) is 11.8. The van der Waals surface area contributed by atoms with Gasteiger partial charge in [-0.15, -0.1) is 0 Å². The van der Waals surface area contributed by atoms with Gasteiger partial charge in [-0.1, -0.05) is 34.9 Å². The van der Waals surface area contributed by atoms with Crippen LogP contribution in [0.3, 0.4) is 0 Å². The lowest BCUT2D eigenvalue weighted by atomic mass is 10.2. The van der Waals surface area contributed by atoms with Crippen LogP contribution in [0, 0.1) is 11.3 Å². The van der Waals surface area contributed by atoms with E-state index < -0.39 is 0 Å². The number of nitrogens with zero attached hydrogens (tertiary/aromatic N) is 5. The Labute approximate surface area is 143 Å². The van der Waals surface area contributed by atoms with Crippen LogP contribution in [-0.2, 0) is 0 Å². The van der Waals surface area contributed by atoms with Crippen molar-refractivity contribution in [3.63, 3.8) is 0 Å². The summed E-state index contributed by atoms with van der Waals surface area (Å²) in [6.45, 7) is 1.15. The van der Waals surface area contributed by atoms with Crippen LogP contribution in [0.25, 0.3) is 5.69 Å². The minimum absolute atomic E-state index is 0.550. The molecule has 8 heteroatoms. The Bertz CT molecular complexity index is 854. The van der Waals surface area contributed by atoms with Crippen molar-refractivity contribution in [3.05, 3.63) is 59.1 Å². The van der Waals surface area contributed by atoms with E-state index in [9.17, 15) is 0 Å². The van der Waals surface area contributed by atoms with Gasteiger partial charge in [-0.25, -0.2) is 0 Å². The fraction of sp³-hybridized carbons (Fsp3) is 0.125. The number of aromatic nitrogens is 4. The minimum atomic E-state index is 0.550. The monoisotopic (exact) mass is 339 g/mol. The molecular weight excluding hydrogens is 326 g/mol. The largest absolute Gasteiger partial charge is 0.382 e. The maximum absolute atomic E-state index is 9.10. The summed E-state index contributed by atoms with van der Waals surface area (Å²) in [4.78, 5) is 0. The van der Waals surface area contributed by atoms with Crippen LogP contribution in [0.4, 0.5) is 11.6 Å². The molecule has 1 heterocycles. The number of hydrogen-bond donors (Lipinski definition) is 2. The van der Waals surface area contributed by atoms with Crippen LogP contribution in [0.15, 0.2) is 48.5 Å². The van der Waals surface area contributed by atoms with Gasteiger partial charge >= 0.3 is 0 Å². The molecule has 0 saturated heterocycles. The molecule has 0 aliphatic heterocycles. The van der Waals surface area contributed by atoms with Gasteiger partial charge in [0.05, 0.1) is 16.9 Å². The lowest BCUT2D eigenvalue weighted by Gasteiger charge is -2.10. The van der Waals surface area contributed by atoms with E-state index in [1.54, 1.807) is 22.9 Å². The summed E-state index contributed by atoms with van der Waals surface area (Å²) in [6.07, 6.45) is 0. The molecule has 2 aromatic carbocycles. The zero-order chi connectivity index (χ0) is 16.8. The number of tetrazole rings is 1. The molecule has 0 aliphatic rings. The second-order valence-corrected chi connectivity index (χ2v) is 5.34. The summed E-state index contributed by atoms with van der Waals surface area (Å²) in [5, 5.41) is 27.7. The van der Waals surface area contributed by atoms with Crippen molar-refractivity contribution in [2.45, 2.75) is 0 Å². The summed E-state index contributed by atoms with van der Waals surface area (Å²) < 4.78 is 1.63. The maximum atomic E-state index is 9.10. The molecular formula is C16H14ClN7. The van der Waals surface area contributed by atoms with Gasteiger partial charge < -0.3 is 10.6 Å². The highest BCUT2D eigenvalue weighted by molar-refractivity contribution is 6.30. The summed E-state index contributed by atoms with van der Waals surface area (Å²) in [5.41, 5.74) is 2.13. The van der Waals surface area contributed by atoms with Crippen LogP contribution < -0.4 is 10.6 Å². The number of anilines is 2. The predicted molar refractivity (Wildman–Crippen MR) is 92.3 cm³/mol. The Balaban J connectivity index is 1.60. The van der Waals surface area contributed by atoms with E-state index in [4.69, 9.17) is 16.9 Å². The zero-order valence-corrected chi connectivity index (χ0v) is 13.4. The van der Waals surface area contributed by atoms with Gasteiger partial charge in [-0.2, -0.15) is 9.94 Å². The van der Waals surface area contributed by atoms with Crippen LogP contribution >= 0.6 is 11.6 Å². The maximum Gasteiger partial charge on any atom is 0.247 e. The van der Waals surface area contributed by atoms with E-state index in [-0.39, 0.29) is 0 Å². The highest BCUT2D eigenvalue weighted by Crippen LogP contribution is 2.20. The predicted octanol–water partition coefficient (Wildman–Crippen LogP) is 2.71. The van der Waals surface area contributed by atoms with Gasteiger partial charge in [-0.3, -0.25) is 0 Å². The second-order valence-electron chi connectivity index (χ2n) is 4.91. The quantitative estimate of drug-likeness (QED) is 0.671. The molecule has 0 aliphatic carbocycles. The van der Waals surface area contributed by atoms with Crippen LogP contribution in [0.2, 0.25) is 5.02 Å². The first kappa shape index (κ1) is 15.8. The van der Waals surface area contributed by atoms with Crippen LogP contribution in [-0.4, -0.2) is 33.3 Å². The van der Waals surface area contributed by atoms with Crippen molar-refractivity contribution in [2.24, 2.45) is 0 Å². The molecule has 120 valence electrons. The number of rotatable bonds is 6. The van der Waals surface area contributed by atoms with E-state index in [1.807, 2.05) is 30.3 Å².